The molecule has 0 unspecified atom stereocenters. The number of hydrogen-bond donors (Lipinski definition) is 0. The van der Waals surface area contributed by atoms with Crippen LogP contribution in [-0.2, 0) is 6.42 Å². The maximum absolute atomic E-state index is 13.9. The molecule has 0 radical (unpaired) electrons. The summed E-state index contributed by atoms with van der Waals surface area (Å²) in [6.07, 6.45) is 0.245. The molecule has 2 rings (SSSR count). The predicted molar refractivity (Wildman–Crippen MR) is 71.8 cm³/mol. The second-order valence-electron chi connectivity index (χ2n) is 4.05. The van der Waals surface area contributed by atoms with E-state index >= 15 is 0 Å². The number of hydrogen-bond acceptors (Lipinski definition) is 1. The third kappa shape index (κ3) is 3.04. The van der Waals surface area contributed by atoms with Crippen molar-refractivity contribution in [2.24, 2.45) is 0 Å². The molecule has 1 nitrogen and oxygen atoms in total. The molecule has 0 saturated heterocycles. The van der Waals surface area contributed by atoms with Crippen LogP contribution in [0.1, 0.15) is 18.1 Å². The zero-order valence-corrected chi connectivity index (χ0v) is 11.2. The topological polar surface area (TPSA) is 9.23 Å². The van der Waals surface area contributed by atoms with Crippen LogP contribution >= 0.6 is 11.6 Å². The molecule has 0 bridgehead atoms. The molecule has 0 aliphatic carbocycles. The fourth-order valence-corrected chi connectivity index (χ4v) is 2.02. The standard InChI is InChI=1S/C15H13ClF2O/c1-2-19-13-8-7-11(14(17)15(13)18)9-10-5-3-4-6-12(10)16/h3-8H,2,9H2,1H3. The van der Waals surface area contributed by atoms with Crippen LogP contribution in [0.2, 0.25) is 5.02 Å². The average Bonchev–Trinajstić information content (AvgIpc) is 2.41. The first-order valence-electron chi connectivity index (χ1n) is 5.96. The van der Waals surface area contributed by atoms with Crippen LogP contribution in [0, 0.1) is 11.6 Å². The highest BCUT2D eigenvalue weighted by Gasteiger charge is 2.15. The van der Waals surface area contributed by atoms with Crippen molar-refractivity contribution < 1.29 is 13.5 Å². The first kappa shape index (κ1) is 13.8. The van der Waals surface area contributed by atoms with Gasteiger partial charge in [-0.2, -0.15) is 4.39 Å². The molecule has 100 valence electrons. The predicted octanol–water partition coefficient (Wildman–Crippen LogP) is 4.61. The Labute approximate surface area is 115 Å². The fourth-order valence-electron chi connectivity index (χ4n) is 1.82. The van der Waals surface area contributed by atoms with E-state index in [1.807, 2.05) is 6.07 Å². The van der Waals surface area contributed by atoms with E-state index in [2.05, 4.69) is 0 Å². The van der Waals surface area contributed by atoms with Crippen molar-refractivity contribution >= 4 is 11.6 Å². The zero-order chi connectivity index (χ0) is 13.8. The van der Waals surface area contributed by atoms with Crippen LogP contribution in [0.4, 0.5) is 8.78 Å². The molecule has 19 heavy (non-hydrogen) atoms. The van der Waals surface area contributed by atoms with Gasteiger partial charge in [-0.15, -0.1) is 0 Å². The summed E-state index contributed by atoms with van der Waals surface area (Å²) in [5.41, 5.74) is 1.01. The SMILES string of the molecule is CCOc1ccc(Cc2ccccc2Cl)c(F)c1F. The summed E-state index contributed by atoms with van der Waals surface area (Å²) in [5.74, 6) is -1.90. The summed E-state index contributed by atoms with van der Waals surface area (Å²) in [5, 5.41) is 0.538. The molecule has 0 amide bonds. The van der Waals surface area contributed by atoms with E-state index < -0.39 is 11.6 Å². The summed E-state index contributed by atoms with van der Waals surface area (Å²) in [7, 11) is 0. The zero-order valence-electron chi connectivity index (χ0n) is 10.4. The monoisotopic (exact) mass is 282 g/mol. The fraction of sp³-hybridized carbons (Fsp3) is 0.200. The van der Waals surface area contributed by atoms with Crippen molar-refractivity contribution in [2.45, 2.75) is 13.3 Å². The molecule has 0 aliphatic heterocycles. The van der Waals surface area contributed by atoms with Crippen LogP contribution in [0.3, 0.4) is 0 Å². The van der Waals surface area contributed by atoms with Gasteiger partial charge in [-0.25, -0.2) is 4.39 Å². The minimum Gasteiger partial charge on any atom is -0.491 e. The highest BCUT2D eigenvalue weighted by atomic mass is 35.5. The van der Waals surface area contributed by atoms with Crippen molar-refractivity contribution in [3.05, 3.63) is 64.2 Å². The van der Waals surface area contributed by atoms with E-state index in [1.54, 1.807) is 25.1 Å². The highest BCUT2D eigenvalue weighted by molar-refractivity contribution is 6.31. The molecule has 0 heterocycles. The van der Waals surface area contributed by atoms with Crippen LogP contribution in [-0.4, -0.2) is 6.61 Å². The van der Waals surface area contributed by atoms with E-state index in [0.717, 1.165) is 5.56 Å². The summed E-state index contributed by atoms with van der Waals surface area (Å²) < 4.78 is 32.6. The molecule has 0 saturated carbocycles. The van der Waals surface area contributed by atoms with Gasteiger partial charge in [-0.3, -0.25) is 0 Å². The van der Waals surface area contributed by atoms with E-state index in [0.29, 0.717) is 11.6 Å². The molecular weight excluding hydrogens is 270 g/mol. The van der Waals surface area contributed by atoms with Crippen molar-refractivity contribution in [3.63, 3.8) is 0 Å². The Kier molecular flexibility index (Phi) is 4.38. The van der Waals surface area contributed by atoms with E-state index in [4.69, 9.17) is 16.3 Å². The lowest BCUT2D eigenvalue weighted by Crippen LogP contribution is -2.01. The molecule has 4 heteroatoms. The summed E-state index contributed by atoms with van der Waals surface area (Å²) in [4.78, 5) is 0. The van der Waals surface area contributed by atoms with Gasteiger partial charge in [-0.05, 0) is 30.2 Å². The van der Waals surface area contributed by atoms with Crippen LogP contribution in [0.15, 0.2) is 36.4 Å². The number of rotatable bonds is 4. The molecule has 2 aromatic carbocycles. The second kappa shape index (κ2) is 6.02. The Morgan fingerprint density at radius 2 is 1.74 bits per heavy atom. The van der Waals surface area contributed by atoms with Gasteiger partial charge in [0.25, 0.3) is 0 Å². The lowest BCUT2D eigenvalue weighted by Gasteiger charge is -2.09. The molecule has 0 N–H and O–H groups in total. The summed E-state index contributed by atoms with van der Waals surface area (Å²) >= 11 is 6.01. The van der Waals surface area contributed by atoms with E-state index in [-0.39, 0.29) is 17.7 Å². The molecule has 0 aromatic heterocycles. The molecule has 0 aliphatic rings. The third-order valence-corrected chi connectivity index (χ3v) is 3.13. The minimum atomic E-state index is -0.952. The third-order valence-electron chi connectivity index (χ3n) is 2.77. The average molecular weight is 283 g/mol. The van der Waals surface area contributed by atoms with Gasteiger partial charge in [0.05, 0.1) is 6.61 Å². The number of ether oxygens (including phenoxy) is 1. The van der Waals surface area contributed by atoms with Gasteiger partial charge in [0.1, 0.15) is 0 Å². The second-order valence-corrected chi connectivity index (χ2v) is 4.46. The lowest BCUT2D eigenvalue weighted by molar-refractivity contribution is 0.313. The Morgan fingerprint density at radius 3 is 2.42 bits per heavy atom. The molecule has 0 fully saturated rings. The Morgan fingerprint density at radius 1 is 1.00 bits per heavy atom. The largest absolute Gasteiger partial charge is 0.491 e. The van der Waals surface area contributed by atoms with Gasteiger partial charge in [0.15, 0.2) is 11.6 Å². The van der Waals surface area contributed by atoms with Crippen LogP contribution in [0.5, 0.6) is 5.75 Å². The van der Waals surface area contributed by atoms with Crippen molar-refractivity contribution in [2.75, 3.05) is 6.61 Å². The molecule has 0 atom stereocenters. The maximum Gasteiger partial charge on any atom is 0.200 e. The van der Waals surface area contributed by atoms with Crippen molar-refractivity contribution in [1.29, 1.82) is 0 Å². The van der Waals surface area contributed by atoms with Gasteiger partial charge in [0, 0.05) is 11.4 Å². The lowest BCUT2D eigenvalue weighted by atomic mass is 10.0. The maximum atomic E-state index is 13.9. The minimum absolute atomic E-state index is 0.0668. The summed E-state index contributed by atoms with van der Waals surface area (Å²) in [6, 6.07) is 10.1. The molecular formula is C15H13ClF2O. The van der Waals surface area contributed by atoms with Gasteiger partial charge < -0.3 is 4.74 Å². The normalized spacial score (nSPS) is 10.5. The molecule has 0 spiro atoms. The van der Waals surface area contributed by atoms with Crippen LogP contribution < -0.4 is 4.74 Å². The molecule has 2 aromatic rings. The van der Waals surface area contributed by atoms with E-state index in [9.17, 15) is 8.78 Å². The van der Waals surface area contributed by atoms with E-state index in [1.165, 1.54) is 12.1 Å². The van der Waals surface area contributed by atoms with Crippen molar-refractivity contribution in [3.8, 4) is 5.75 Å². The van der Waals surface area contributed by atoms with Gasteiger partial charge in [-0.1, -0.05) is 35.9 Å². The highest BCUT2D eigenvalue weighted by Crippen LogP contribution is 2.26. The van der Waals surface area contributed by atoms with Crippen LogP contribution in [0.25, 0.3) is 0 Å². The first-order valence-corrected chi connectivity index (χ1v) is 6.34. The van der Waals surface area contributed by atoms with Gasteiger partial charge in [0.2, 0.25) is 5.82 Å². The summed E-state index contributed by atoms with van der Waals surface area (Å²) in [6.45, 7) is 2.01. The smallest absolute Gasteiger partial charge is 0.200 e. The van der Waals surface area contributed by atoms with Gasteiger partial charge >= 0.3 is 0 Å². The number of benzene rings is 2. The number of halogens is 3. The Hall–Kier alpha value is -1.61. The van der Waals surface area contributed by atoms with Crippen molar-refractivity contribution in [1.82, 2.24) is 0 Å². The Balaban J connectivity index is 2.32. The quantitative estimate of drug-likeness (QED) is 0.796. The first-order chi connectivity index (χ1) is 9.13. The Bertz CT molecular complexity index is 584.